The number of nitrogens with one attached hydrogen (secondary N) is 2. The van der Waals surface area contributed by atoms with Crippen LogP contribution in [0.25, 0.3) is 17.4 Å². The van der Waals surface area contributed by atoms with E-state index in [2.05, 4.69) is 15.6 Å². The lowest BCUT2D eigenvalue weighted by atomic mass is 10.1. The quantitative estimate of drug-likeness (QED) is 0.671. The summed E-state index contributed by atoms with van der Waals surface area (Å²) in [6.07, 6.45) is 6.03. The summed E-state index contributed by atoms with van der Waals surface area (Å²) >= 11 is 0. The molecule has 26 heavy (non-hydrogen) atoms. The lowest BCUT2D eigenvalue weighted by Crippen LogP contribution is -2.31. The molecule has 3 rings (SSSR count). The Morgan fingerprint density at radius 3 is 2.69 bits per heavy atom. The van der Waals surface area contributed by atoms with Crippen molar-refractivity contribution in [1.82, 2.24) is 10.3 Å². The smallest absolute Gasteiger partial charge is 0.244 e. The first-order valence-electron chi connectivity index (χ1n) is 8.00. The highest BCUT2D eigenvalue weighted by Crippen LogP contribution is 2.21. The summed E-state index contributed by atoms with van der Waals surface area (Å²) in [5, 5.41) is 5.28. The summed E-state index contributed by atoms with van der Waals surface area (Å²) < 4.78 is 5.23. The van der Waals surface area contributed by atoms with Gasteiger partial charge in [0.15, 0.2) is 12.2 Å². The molecule has 0 fully saturated rings. The van der Waals surface area contributed by atoms with Crippen LogP contribution in [0.3, 0.4) is 0 Å². The lowest BCUT2D eigenvalue weighted by molar-refractivity contribution is -0.121. The van der Waals surface area contributed by atoms with Crippen molar-refractivity contribution in [2.75, 3.05) is 11.9 Å². The van der Waals surface area contributed by atoms with Gasteiger partial charge in [0.2, 0.25) is 11.8 Å². The first kappa shape index (κ1) is 17.2. The number of anilines is 1. The van der Waals surface area contributed by atoms with E-state index in [0.29, 0.717) is 11.4 Å². The Labute approximate surface area is 150 Å². The van der Waals surface area contributed by atoms with E-state index in [4.69, 9.17) is 4.42 Å². The van der Waals surface area contributed by atoms with Gasteiger partial charge in [0.05, 0.1) is 12.7 Å². The zero-order valence-electron chi connectivity index (χ0n) is 13.9. The standard InChI is InChI=1S/C20H17N3O3/c24-19(10-9-15-5-2-1-3-6-15)22-13-20(25)23-17-8-4-7-16(11-17)18-12-21-14-26-18/h1-12,14H,13H2,(H,22,24)(H,23,25). The first-order chi connectivity index (χ1) is 12.7. The Kier molecular flexibility index (Phi) is 5.57. The minimum absolute atomic E-state index is 0.121. The highest BCUT2D eigenvalue weighted by atomic mass is 16.3. The molecule has 6 heteroatoms. The van der Waals surface area contributed by atoms with Gasteiger partial charge in [0, 0.05) is 17.3 Å². The van der Waals surface area contributed by atoms with Gasteiger partial charge < -0.3 is 15.1 Å². The molecule has 0 saturated heterocycles. The van der Waals surface area contributed by atoms with Gasteiger partial charge in [-0.25, -0.2) is 4.98 Å². The maximum absolute atomic E-state index is 12.0. The fraction of sp³-hybridized carbons (Fsp3) is 0.0500. The van der Waals surface area contributed by atoms with Crippen molar-refractivity contribution in [2.24, 2.45) is 0 Å². The second kappa shape index (κ2) is 8.43. The molecule has 0 atom stereocenters. The summed E-state index contributed by atoms with van der Waals surface area (Å²) in [6, 6.07) is 16.6. The third-order valence-corrected chi connectivity index (χ3v) is 3.51. The minimum atomic E-state index is -0.334. The van der Waals surface area contributed by atoms with Gasteiger partial charge >= 0.3 is 0 Å². The summed E-state index contributed by atoms with van der Waals surface area (Å²) in [4.78, 5) is 27.7. The van der Waals surface area contributed by atoms with Gasteiger partial charge in [0.1, 0.15) is 0 Å². The van der Waals surface area contributed by atoms with E-state index >= 15 is 0 Å². The monoisotopic (exact) mass is 347 g/mol. The topological polar surface area (TPSA) is 84.2 Å². The zero-order valence-corrected chi connectivity index (χ0v) is 13.9. The van der Waals surface area contributed by atoms with Crippen molar-refractivity contribution >= 4 is 23.6 Å². The average molecular weight is 347 g/mol. The van der Waals surface area contributed by atoms with E-state index < -0.39 is 0 Å². The van der Waals surface area contributed by atoms with Crippen LogP contribution in [0, 0.1) is 0 Å². The van der Waals surface area contributed by atoms with Crippen molar-refractivity contribution in [1.29, 1.82) is 0 Å². The minimum Gasteiger partial charge on any atom is -0.444 e. The SMILES string of the molecule is O=C(C=Cc1ccccc1)NCC(=O)Nc1cccc(-c2cnco2)c1. The van der Waals surface area contributed by atoms with Crippen LogP contribution in [0.15, 0.2) is 77.7 Å². The van der Waals surface area contributed by atoms with E-state index in [1.807, 2.05) is 36.4 Å². The van der Waals surface area contributed by atoms with E-state index in [0.717, 1.165) is 11.1 Å². The molecule has 0 radical (unpaired) electrons. The number of carbonyl (C=O) groups is 2. The fourth-order valence-corrected chi connectivity index (χ4v) is 2.28. The molecule has 3 aromatic rings. The molecule has 0 spiro atoms. The molecule has 0 bridgehead atoms. The summed E-state index contributed by atoms with van der Waals surface area (Å²) in [7, 11) is 0. The number of carbonyl (C=O) groups excluding carboxylic acids is 2. The number of hydrogen-bond acceptors (Lipinski definition) is 4. The Hall–Kier alpha value is -3.67. The summed E-state index contributed by atoms with van der Waals surface area (Å²) in [5.74, 6) is -0.0407. The summed E-state index contributed by atoms with van der Waals surface area (Å²) in [6.45, 7) is -0.121. The van der Waals surface area contributed by atoms with Gasteiger partial charge in [0.25, 0.3) is 0 Å². The molecule has 130 valence electrons. The fourth-order valence-electron chi connectivity index (χ4n) is 2.28. The second-order valence-corrected chi connectivity index (χ2v) is 5.46. The Morgan fingerprint density at radius 2 is 1.92 bits per heavy atom. The lowest BCUT2D eigenvalue weighted by Gasteiger charge is -2.07. The molecular weight excluding hydrogens is 330 g/mol. The summed E-state index contributed by atoms with van der Waals surface area (Å²) in [5.41, 5.74) is 2.32. The van der Waals surface area contributed by atoms with Crippen LogP contribution in [-0.4, -0.2) is 23.3 Å². The number of aromatic nitrogens is 1. The maximum atomic E-state index is 12.0. The molecule has 0 aliphatic heterocycles. The van der Waals surface area contributed by atoms with Gasteiger partial charge in [-0.1, -0.05) is 42.5 Å². The first-order valence-corrected chi connectivity index (χ1v) is 8.00. The zero-order chi connectivity index (χ0) is 18.2. The van der Waals surface area contributed by atoms with E-state index in [-0.39, 0.29) is 18.4 Å². The van der Waals surface area contributed by atoms with Gasteiger partial charge in [-0.2, -0.15) is 0 Å². The van der Waals surface area contributed by atoms with Crippen LogP contribution in [0.4, 0.5) is 5.69 Å². The van der Waals surface area contributed by atoms with Crippen LogP contribution in [-0.2, 0) is 9.59 Å². The normalized spacial score (nSPS) is 10.6. The predicted molar refractivity (Wildman–Crippen MR) is 99.1 cm³/mol. The van der Waals surface area contributed by atoms with Crippen molar-refractivity contribution in [3.05, 3.63) is 78.8 Å². The molecule has 1 heterocycles. The Balaban J connectivity index is 1.50. The predicted octanol–water partition coefficient (Wildman–Crippen LogP) is 3.11. The second-order valence-electron chi connectivity index (χ2n) is 5.46. The molecule has 2 N–H and O–H groups in total. The molecule has 2 amide bonds. The highest BCUT2D eigenvalue weighted by Gasteiger charge is 2.06. The van der Waals surface area contributed by atoms with Crippen LogP contribution in [0.1, 0.15) is 5.56 Å². The van der Waals surface area contributed by atoms with Crippen molar-refractivity contribution in [3.8, 4) is 11.3 Å². The van der Waals surface area contributed by atoms with E-state index in [1.54, 1.807) is 30.5 Å². The Morgan fingerprint density at radius 1 is 1.08 bits per heavy atom. The number of hydrogen-bond donors (Lipinski definition) is 2. The number of rotatable bonds is 6. The maximum Gasteiger partial charge on any atom is 0.244 e. The third-order valence-electron chi connectivity index (χ3n) is 3.51. The largest absolute Gasteiger partial charge is 0.444 e. The van der Waals surface area contributed by atoms with Gasteiger partial charge in [-0.05, 0) is 23.8 Å². The number of benzene rings is 2. The highest BCUT2D eigenvalue weighted by molar-refractivity contribution is 5.98. The molecule has 1 aromatic heterocycles. The van der Waals surface area contributed by atoms with Crippen LogP contribution < -0.4 is 10.6 Å². The van der Waals surface area contributed by atoms with Crippen molar-refractivity contribution in [2.45, 2.75) is 0 Å². The Bertz CT molecular complexity index is 903. The number of amides is 2. The average Bonchev–Trinajstić information content (AvgIpc) is 3.21. The third kappa shape index (κ3) is 4.91. The van der Waals surface area contributed by atoms with Crippen LogP contribution >= 0.6 is 0 Å². The molecular formula is C20H17N3O3. The number of nitrogens with zero attached hydrogens (tertiary/aromatic N) is 1. The van der Waals surface area contributed by atoms with Crippen molar-refractivity contribution in [3.63, 3.8) is 0 Å². The van der Waals surface area contributed by atoms with Gasteiger partial charge in [-0.15, -0.1) is 0 Å². The molecule has 0 unspecified atom stereocenters. The molecule has 0 aliphatic carbocycles. The molecule has 0 saturated carbocycles. The number of oxazole rings is 1. The van der Waals surface area contributed by atoms with Gasteiger partial charge in [-0.3, -0.25) is 9.59 Å². The van der Waals surface area contributed by atoms with E-state index in [1.165, 1.54) is 12.5 Å². The van der Waals surface area contributed by atoms with Crippen molar-refractivity contribution < 1.29 is 14.0 Å². The molecule has 0 aliphatic rings. The van der Waals surface area contributed by atoms with E-state index in [9.17, 15) is 9.59 Å². The van der Waals surface area contributed by atoms with Crippen LogP contribution in [0.5, 0.6) is 0 Å². The molecule has 6 nitrogen and oxygen atoms in total. The molecule has 2 aromatic carbocycles. The van der Waals surface area contributed by atoms with Crippen LogP contribution in [0.2, 0.25) is 0 Å².